The van der Waals surface area contributed by atoms with E-state index in [0.717, 1.165) is 10.2 Å². The number of nitrogens with zero attached hydrogens (tertiary/aromatic N) is 3. The van der Waals surface area contributed by atoms with Crippen molar-refractivity contribution in [2.24, 2.45) is 5.92 Å². The van der Waals surface area contributed by atoms with Crippen LogP contribution >= 0.6 is 15.9 Å². The van der Waals surface area contributed by atoms with Gasteiger partial charge in [0.05, 0.1) is 23.4 Å². The summed E-state index contributed by atoms with van der Waals surface area (Å²) in [6.45, 7) is 0.733. The van der Waals surface area contributed by atoms with E-state index < -0.39 is 11.9 Å². The highest BCUT2D eigenvalue weighted by Gasteiger charge is 2.31. The zero-order valence-electron chi connectivity index (χ0n) is 11.6. The van der Waals surface area contributed by atoms with Crippen molar-refractivity contribution in [2.45, 2.75) is 6.42 Å². The normalized spacial score (nSPS) is 17.7. The molecule has 1 aliphatic heterocycles. The molecule has 1 aromatic carbocycles. The Bertz CT molecular complexity index is 711. The van der Waals surface area contributed by atoms with Gasteiger partial charge in [-0.25, -0.2) is 4.68 Å². The summed E-state index contributed by atoms with van der Waals surface area (Å²) in [7, 11) is 0. The summed E-state index contributed by atoms with van der Waals surface area (Å²) in [5.41, 5.74) is 1.32. The quantitative estimate of drug-likeness (QED) is 0.906. The fraction of sp³-hybridized carbons (Fsp3) is 0.267. The van der Waals surface area contributed by atoms with Gasteiger partial charge in [-0.1, -0.05) is 15.9 Å². The van der Waals surface area contributed by atoms with Gasteiger partial charge in [0.1, 0.15) is 0 Å². The van der Waals surface area contributed by atoms with Gasteiger partial charge < -0.3 is 10.0 Å². The minimum absolute atomic E-state index is 0.174. The van der Waals surface area contributed by atoms with Crippen LogP contribution in [0.1, 0.15) is 16.8 Å². The molecule has 0 radical (unpaired) electrons. The van der Waals surface area contributed by atoms with Gasteiger partial charge >= 0.3 is 5.97 Å². The minimum Gasteiger partial charge on any atom is -0.481 e. The Kier molecular flexibility index (Phi) is 3.98. The number of benzene rings is 1. The van der Waals surface area contributed by atoms with Crippen LogP contribution in [-0.2, 0) is 4.79 Å². The molecule has 2 aromatic rings. The van der Waals surface area contributed by atoms with Crippen LogP contribution < -0.4 is 0 Å². The van der Waals surface area contributed by atoms with E-state index in [1.165, 1.54) is 6.20 Å². The molecule has 1 aromatic heterocycles. The Balaban J connectivity index is 1.75. The van der Waals surface area contributed by atoms with Crippen molar-refractivity contribution in [3.63, 3.8) is 0 Å². The third-order valence-corrected chi connectivity index (χ3v) is 4.27. The monoisotopic (exact) mass is 363 g/mol. The van der Waals surface area contributed by atoms with Crippen LogP contribution in [-0.4, -0.2) is 44.8 Å². The van der Waals surface area contributed by atoms with E-state index in [-0.39, 0.29) is 12.5 Å². The largest absolute Gasteiger partial charge is 0.481 e. The maximum atomic E-state index is 12.4. The molecule has 1 N–H and O–H groups in total. The van der Waals surface area contributed by atoms with E-state index in [9.17, 15) is 9.59 Å². The van der Waals surface area contributed by atoms with Gasteiger partial charge in [0.25, 0.3) is 5.91 Å². The summed E-state index contributed by atoms with van der Waals surface area (Å²) in [6.07, 6.45) is 3.68. The van der Waals surface area contributed by atoms with Crippen LogP contribution in [0, 0.1) is 5.92 Å². The summed E-state index contributed by atoms with van der Waals surface area (Å²) >= 11 is 3.37. The number of rotatable bonds is 3. The zero-order chi connectivity index (χ0) is 15.7. The van der Waals surface area contributed by atoms with Gasteiger partial charge in [0.2, 0.25) is 0 Å². The standard InChI is InChI=1S/C15H14BrN3O3/c16-12-1-3-13(4-2-12)19-9-11(7-17-19)14(20)18-6-5-10(8-18)15(21)22/h1-4,7,9-10H,5-6,8H2,(H,21,22)/t10-/m0/s1. The molecule has 1 amide bonds. The van der Waals surface area contributed by atoms with Gasteiger partial charge in [-0.15, -0.1) is 0 Å². The van der Waals surface area contributed by atoms with E-state index in [2.05, 4.69) is 21.0 Å². The number of halogens is 1. The lowest BCUT2D eigenvalue weighted by Gasteiger charge is -2.14. The average Bonchev–Trinajstić information content (AvgIpc) is 3.17. The number of carboxylic acid groups (broad SMARTS) is 1. The first-order chi connectivity index (χ1) is 10.5. The topological polar surface area (TPSA) is 75.4 Å². The van der Waals surface area contributed by atoms with Crippen LogP contribution in [0.3, 0.4) is 0 Å². The molecule has 1 saturated heterocycles. The number of hydrogen-bond donors (Lipinski definition) is 1. The number of aromatic nitrogens is 2. The Labute approximate surface area is 135 Å². The summed E-state index contributed by atoms with van der Waals surface area (Å²) in [4.78, 5) is 24.9. The van der Waals surface area contributed by atoms with E-state index >= 15 is 0 Å². The number of hydrogen-bond acceptors (Lipinski definition) is 3. The molecule has 1 atom stereocenters. The number of carboxylic acids is 1. The molecule has 0 spiro atoms. The highest BCUT2D eigenvalue weighted by molar-refractivity contribution is 9.10. The van der Waals surface area contributed by atoms with Crippen LogP contribution in [0.5, 0.6) is 0 Å². The number of likely N-dealkylation sites (tertiary alicyclic amines) is 1. The third-order valence-electron chi connectivity index (χ3n) is 3.75. The van der Waals surface area contributed by atoms with Crippen molar-refractivity contribution < 1.29 is 14.7 Å². The van der Waals surface area contributed by atoms with Gasteiger partial charge in [-0.2, -0.15) is 5.10 Å². The molecule has 0 bridgehead atoms. The molecule has 0 saturated carbocycles. The van der Waals surface area contributed by atoms with Gasteiger partial charge in [-0.3, -0.25) is 9.59 Å². The first-order valence-corrected chi connectivity index (χ1v) is 7.66. The summed E-state index contributed by atoms with van der Waals surface area (Å²) in [5.74, 6) is -1.49. The molecular formula is C15H14BrN3O3. The number of carbonyl (C=O) groups excluding carboxylic acids is 1. The fourth-order valence-electron chi connectivity index (χ4n) is 2.50. The SMILES string of the molecule is O=C(O)[C@H]1CCN(C(=O)c2cnn(-c3ccc(Br)cc3)c2)C1. The molecule has 1 aliphatic rings. The highest BCUT2D eigenvalue weighted by Crippen LogP contribution is 2.19. The second-order valence-corrected chi connectivity index (χ2v) is 6.14. The van der Waals surface area contributed by atoms with Crippen LogP contribution in [0.4, 0.5) is 0 Å². The van der Waals surface area contributed by atoms with Gasteiger partial charge in [-0.05, 0) is 30.7 Å². The molecule has 7 heteroatoms. The predicted octanol–water partition coefficient (Wildman–Crippen LogP) is 2.18. The summed E-state index contributed by atoms with van der Waals surface area (Å²) in [6, 6.07) is 7.58. The summed E-state index contributed by atoms with van der Waals surface area (Å²) < 4.78 is 2.60. The van der Waals surface area contributed by atoms with Gasteiger partial charge in [0, 0.05) is 23.8 Å². The molecule has 22 heavy (non-hydrogen) atoms. The van der Waals surface area contributed by atoms with Crippen LogP contribution in [0.15, 0.2) is 41.1 Å². The smallest absolute Gasteiger partial charge is 0.308 e. The third kappa shape index (κ3) is 2.89. The number of amides is 1. The van der Waals surface area contributed by atoms with Crippen molar-refractivity contribution in [3.05, 3.63) is 46.7 Å². The van der Waals surface area contributed by atoms with Crippen LogP contribution in [0.25, 0.3) is 5.69 Å². The lowest BCUT2D eigenvalue weighted by atomic mass is 10.1. The molecule has 114 valence electrons. The molecule has 1 fully saturated rings. The molecule has 6 nitrogen and oxygen atoms in total. The second-order valence-electron chi connectivity index (χ2n) is 5.23. The Hall–Kier alpha value is -2.15. The predicted molar refractivity (Wildman–Crippen MR) is 82.9 cm³/mol. The molecule has 3 rings (SSSR count). The van der Waals surface area contributed by atoms with Crippen molar-refractivity contribution >= 4 is 27.8 Å². The molecule has 0 aliphatic carbocycles. The first kappa shape index (κ1) is 14.8. The van der Waals surface area contributed by atoms with E-state index in [1.807, 2.05) is 24.3 Å². The number of carbonyl (C=O) groups is 2. The lowest BCUT2D eigenvalue weighted by molar-refractivity contribution is -0.141. The Morgan fingerprint density at radius 2 is 2.00 bits per heavy atom. The van der Waals surface area contributed by atoms with Crippen molar-refractivity contribution in [3.8, 4) is 5.69 Å². The average molecular weight is 364 g/mol. The highest BCUT2D eigenvalue weighted by atomic mass is 79.9. The summed E-state index contributed by atoms with van der Waals surface area (Å²) in [5, 5.41) is 13.2. The first-order valence-electron chi connectivity index (χ1n) is 6.87. The van der Waals surface area contributed by atoms with E-state index in [4.69, 9.17) is 5.11 Å². The number of aliphatic carboxylic acids is 1. The van der Waals surface area contributed by atoms with E-state index in [0.29, 0.717) is 18.5 Å². The lowest BCUT2D eigenvalue weighted by Crippen LogP contribution is -2.29. The maximum absolute atomic E-state index is 12.4. The van der Waals surface area contributed by atoms with Crippen LogP contribution in [0.2, 0.25) is 0 Å². The Morgan fingerprint density at radius 1 is 1.27 bits per heavy atom. The van der Waals surface area contributed by atoms with Gasteiger partial charge in [0.15, 0.2) is 0 Å². The maximum Gasteiger partial charge on any atom is 0.308 e. The minimum atomic E-state index is -0.846. The van der Waals surface area contributed by atoms with Crippen molar-refractivity contribution in [1.29, 1.82) is 0 Å². The molecule has 2 heterocycles. The zero-order valence-corrected chi connectivity index (χ0v) is 13.2. The molecule has 0 unspecified atom stereocenters. The van der Waals surface area contributed by atoms with Crippen molar-refractivity contribution in [2.75, 3.05) is 13.1 Å². The molecular weight excluding hydrogens is 350 g/mol. The van der Waals surface area contributed by atoms with E-state index in [1.54, 1.807) is 15.8 Å². The fourth-order valence-corrected chi connectivity index (χ4v) is 2.76. The Morgan fingerprint density at radius 3 is 2.64 bits per heavy atom. The van der Waals surface area contributed by atoms with Crippen molar-refractivity contribution in [1.82, 2.24) is 14.7 Å². The second kappa shape index (κ2) is 5.92.